The second-order valence-electron chi connectivity index (χ2n) is 4.14. The highest BCUT2D eigenvalue weighted by atomic mass is 32.2. The van der Waals surface area contributed by atoms with Crippen LogP contribution in [0.25, 0.3) is 0 Å². The van der Waals surface area contributed by atoms with Crippen molar-refractivity contribution in [2.45, 2.75) is 4.90 Å². The van der Waals surface area contributed by atoms with E-state index in [0.717, 1.165) is 6.26 Å². The van der Waals surface area contributed by atoms with Crippen LogP contribution in [0.3, 0.4) is 0 Å². The van der Waals surface area contributed by atoms with Crippen LogP contribution in [0.5, 0.6) is 5.75 Å². The molecule has 0 atom stereocenters. The van der Waals surface area contributed by atoms with E-state index in [2.05, 4.69) is 10.3 Å². The summed E-state index contributed by atoms with van der Waals surface area (Å²) >= 11 is 0. The molecule has 6 nitrogen and oxygen atoms in total. The fraction of sp³-hybridized carbons (Fsp3) is 0.0769. The maximum absolute atomic E-state index is 11.9. The second-order valence-corrected chi connectivity index (χ2v) is 6.16. The first-order valence-corrected chi connectivity index (χ1v) is 7.51. The zero-order chi connectivity index (χ0) is 14.8. The van der Waals surface area contributed by atoms with Crippen molar-refractivity contribution in [3.8, 4) is 5.75 Å². The number of carbonyl (C=O) groups is 1. The number of amides is 1. The molecule has 0 spiro atoms. The Morgan fingerprint density at radius 1 is 1.20 bits per heavy atom. The summed E-state index contributed by atoms with van der Waals surface area (Å²) in [7, 11) is -3.27. The first-order chi connectivity index (χ1) is 9.38. The summed E-state index contributed by atoms with van der Waals surface area (Å²) < 4.78 is 22.6. The monoisotopic (exact) mass is 292 g/mol. The average Bonchev–Trinajstić information content (AvgIpc) is 2.38. The number of nitrogens with one attached hydrogen (secondary N) is 1. The average molecular weight is 292 g/mol. The van der Waals surface area contributed by atoms with Gasteiger partial charge in [-0.05, 0) is 30.3 Å². The molecule has 0 radical (unpaired) electrons. The minimum absolute atomic E-state index is 0.0900. The third-order valence-electron chi connectivity index (χ3n) is 2.59. The first kappa shape index (κ1) is 14.0. The number of hydrogen-bond donors (Lipinski definition) is 2. The van der Waals surface area contributed by atoms with Gasteiger partial charge in [-0.3, -0.25) is 9.78 Å². The van der Waals surface area contributed by atoms with Gasteiger partial charge in [0.05, 0.1) is 16.7 Å². The van der Waals surface area contributed by atoms with E-state index in [1.807, 2.05) is 0 Å². The summed E-state index contributed by atoms with van der Waals surface area (Å²) in [5, 5.41) is 12.1. The Kier molecular flexibility index (Phi) is 3.71. The Morgan fingerprint density at radius 3 is 2.40 bits per heavy atom. The molecule has 1 aromatic carbocycles. The lowest BCUT2D eigenvalue weighted by Crippen LogP contribution is -2.12. The highest BCUT2D eigenvalue weighted by Crippen LogP contribution is 2.18. The molecule has 2 N–H and O–H groups in total. The quantitative estimate of drug-likeness (QED) is 0.892. The van der Waals surface area contributed by atoms with E-state index in [1.165, 1.54) is 42.7 Å². The van der Waals surface area contributed by atoms with Crippen LogP contribution in [-0.4, -0.2) is 30.7 Å². The number of aromatic hydroxyl groups is 1. The molecule has 0 aliphatic heterocycles. The van der Waals surface area contributed by atoms with Gasteiger partial charge in [0.2, 0.25) is 0 Å². The smallest absolute Gasteiger partial charge is 0.259 e. The molecule has 104 valence electrons. The fourth-order valence-corrected chi connectivity index (χ4v) is 2.19. The van der Waals surface area contributed by atoms with Crippen LogP contribution in [0.2, 0.25) is 0 Å². The Bertz CT molecular complexity index is 739. The summed E-state index contributed by atoms with van der Waals surface area (Å²) in [6.07, 6.45) is 3.67. The molecule has 1 aromatic heterocycles. The second kappa shape index (κ2) is 5.30. The summed E-state index contributed by atoms with van der Waals surface area (Å²) in [6.45, 7) is 0. The Labute approximate surface area is 116 Å². The predicted octanol–water partition coefficient (Wildman–Crippen LogP) is 1.44. The minimum atomic E-state index is -3.27. The van der Waals surface area contributed by atoms with Gasteiger partial charge < -0.3 is 10.4 Å². The van der Waals surface area contributed by atoms with E-state index in [4.69, 9.17) is 0 Å². The van der Waals surface area contributed by atoms with Crippen LogP contribution in [0.4, 0.5) is 5.69 Å². The SMILES string of the molecule is CS(=O)(=O)c1ccc(NC(=O)c2ccncc2O)cc1. The summed E-state index contributed by atoms with van der Waals surface area (Å²) in [4.78, 5) is 15.7. The Balaban J connectivity index is 2.19. The van der Waals surface area contributed by atoms with Gasteiger partial charge in [-0.1, -0.05) is 0 Å². The molecule has 0 aliphatic rings. The van der Waals surface area contributed by atoms with Crippen molar-refractivity contribution in [1.29, 1.82) is 0 Å². The van der Waals surface area contributed by atoms with E-state index in [1.54, 1.807) is 0 Å². The van der Waals surface area contributed by atoms with Crippen LogP contribution in [-0.2, 0) is 9.84 Å². The van der Waals surface area contributed by atoms with Crippen LogP contribution in [0.15, 0.2) is 47.6 Å². The molecule has 20 heavy (non-hydrogen) atoms. The molecular formula is C13H12N2O4S. The van der Waals surface area contributed by atoms with Crippen LogP contribution >= 0.6 is 0 Å². The highest BCUT2D eigenvalue weighted by molar-refractivity contribution is 7.90. The normalized spacial score (nSPS) is 11.1. The first-order valence-electron chi connectivity index (χ1n) is 5.62. The molecule has 0 fully saturated rings. The maximum Gasteiger partial charge on any atom is 0.259 e. The number of pyridine rings is 1. The van der Waals surface area contributed by atoms with Gasteiger partial charge >= 0.3 is 0 Å². The maximum atomic E-state index is 11.9. The number of rotatable bonds is 3. The summed E-state index contributed by atoms with van der Waals surface area (Å²) in [5.41, 5.74) is 0.519. The lowest BCUT2D eigenvalue weighted by atomic mass is 10.2. The molecule has 0 unspecified atom stereocenters. The third kappa shape index (κ3) is 3.12. The molecule has 1 amide bonds. The number of anilines is 1. The zero-order valence-corrected chi connectivity index (χ0v) is 11.4. The van der Waals surface area contributed by atoms with Crippen molar-refractivity contribution >= 4 is 21.4 Å². The topological polar surface area (TPSA) is 96.4 Å². The van der Waals surface area contributed by atoms with Crippen molar-refractivity contribution in [2.75, 3.05) is 11.6 Å². The predicted molar refractivity (Wildman–Crippen MR) is 73.4 cm³/mol. The van der Waals surface area contributed by atoms with Gasteiger partial charge in [-0.15, -0.1) is 0 Å². The van der Waals surface area contributed by atoms with Gasteiger partial charge in [-0.2, -0.15) is 0 Å². The molecule has 7 heteroatoms. The lowest BCUT2D eigenvalue weighted by molar-refractivity contribution is 0.102. The Hall–Kier alpha value is -2.41. The molecule has 0 bridgehead atoms. The van der Waals surface area contributed by atoms with Crippen molar-refractivity contribution in [1.82, 2.24) is 4.98 Å². The van der Waals surface area contributed by atoms with E-state index < -0.39 is 15.7 Å². The minimum Gasteiger partial charge on any atom is -0.505 e. The number of aromatic nitrogens is 1. The molecule has 2 rings (SSSR count). The van der Waals surface area contributed by atoms with Crippen molar-refractivity contribution in [3.63, 3.8) is 0 Å². The third-order valence-corrected chi connectivity index (χ3v) is 3.71. The molecule has 0 saturated heterocycles. The number of benzene rings is 1. The van der Waals surface area contributed by atoms with Gasteiger partial charge in [0.15, 0.2) is 9.84 Å². The van der Waals surface area contributed by atoms with Gasteiger partial charge in [0.1, 0.15) is 5.75 Å². The summed E-state index contributed by atoms with van der Waals surface area (Å²) in [5.74, 6) is -0.727. The number of sulfone groups is 1. The van der Waals surface area contributed by atoms with Crippen molar-refractivity contribution < 1.29 is 18.3 Å². The van der Waals surface area contributed by atoms with Gasteiger partial charge in [-0.25, -0.2) is 8.42 Å². The molecule has 1 heterocycles. The van der Waals surface area contributed by atoms with E-state index in [9.17, 15) is 18.3 Å². The molecule has 2 aromatic rings. The van der Waals surface area contributed by atoms with E-state index in [-0.39, 0.29) is 16.2 Å². The van der Waals surface area contributed by atoms with Gasteiger partial charge in [0.25, 0.3) is 5.91 Å². The lowest BCUT2D eigenvalue weighted by Gasteiger charge is -2.07. The van der Waals surface area contributed by atoms with Crippen LogP contribution < -0.4 is 5.32 Å². The van der Waals surface area contributed by atoms with Crippen LogP contribution in [0.1, 0.15) is 10.4 Å². The zero-order valence-electron chi connectivity index (χ0n) is 10.6. The largest absolute Gasteiger partial charge is 0.505 e. The van der Waals surface area contributed by atoms with E-state index in [0.29, 0.717) is 5.69 Å². The Morgan fingerprint density at radius 2 is 1.85 bits per heavy atom. The standard InChI is InChI=1S/C13H12N2O4S/c1-20(18,19)10-4-2-9(3-5-10)15-13(17)11-6-7-14-8-12(11)16/h2-8,16H,1H3,(H,15,17). The fourth-order valence-electron chi connectivity index (χ4n) is 1.56. The van der Waals surface area contributed by atoms with Crippen LogP contribution in [0, 0.1) is 0 Å². The summed E-state index contributed by atoms with van der Waals surface area (Å²) in [6, 6.07) is 7.14. The van der Waals surface area contributed by atoms with Crippen molar-refractivity contribution in [3.05, 3.63) is 48.3 Å². The molecular weight excluding hydrogens is 280 g/mol. The van der Waals surface area contributed by atoms with Gasteiger partial charge in [0, 0.05) is 18.1 Å². The highest BCUT2D eigenvalue weighted by Gasteiger charge is 2.11. The number of carbonyl (C=O) groups excluding carboxylic acids is 1. The molecule has 0 aliphatic carbocycles. The number of nitrogens with zero attached hydrogens (tertiary/aromatic N) is 1. The van der Waals surface area contributed by atoms with E-state index >= 15 is 0 Å². The number of hydrogen-bond acceptors (Lipinski definition) is 5. The molecule has 0 saturated carbocycles. The van der Waals surface area contributed by atoms with Crippen molar-refractivity contribution in [2.24, 2.45) is 0 Å².